The third kappa shape index (κ3) is 5.77. The lowest BCUT2D eigenvalue weighted by atomic mass is 10.1. The lowest BCUT2D eigenvalue weighted by Crippen LogP contribution is -2.25. The van der Waals surface area contributed by atoms with Crippen molar-refractivity contribution >= 4 is 18.1 Å². The van der Waals surface area contributed by atoms with E-state index in [9.17, 15) is 9.59 Å². The summed E-state index contributed by atoms with van der Waals surface area (Å²) in [5.41, 5.74) is 2.58. The van der Waals surface area contributed by atoms with Crippen molar-refractivity contribution in [2.75, 3.05) is 6.54 Å². The number of nitrogens with one attached hydrogen (secondary N) is 2. The molecule has 3 rings (SSSR count). The van der Waals surface area contributed by atoms with Crippen molar-refractivity contribution in [2.45, 2.75) is 25.5 Å². The topological polar surface area (TPSA) is 67.4 Å². The number of alkyl carbamates (subject to hydrolysis) is 1. The number of ether oxygens (including phenoxy) is 1. The van der Waals surface area contributed by atoms with E-state index < -0.39 is 6.09 Å². The quantitative estimate of drug-likeness (QED) is 0.803. The van der Waals surface area contributed by atoms with Gasteiger partial charge in [0.1, 0.15) is 6.61 Å². The predicted octanol–water partition coefficient (Wildman–Crippen LogP) is 3.52. The molecule has 1 aliphatic carbocycles. The van der Waals surface area contributed by atoms with Crippen molar-refractivity contribution in [1.29, 1.82) is 0 Å². The van der Waals surface area contributed by atoms with Gasteiger partial charge in [0.15, 0.2) is 0 Å². The summed E-state index contributed by atoms with van der Waals surface area (Å²) in [7, 11) is 0. The fourth-order valence-electron chi connectivity index (χ4n) is 2.35. The molecular formula is C21H22N2O3. The molecule has 26 heavy (non-hydrogen) atoms. The summed E-state index contributed by atoms with van der Waals surface area (Å²) in [6.45, 7) is 0.623. The zero-order valence-corrected chi connectivity index (χ0v) is 14.5. The van der Waals surface area contributed by atoms with Gasteiger partial charge >= 0.3 is 6.09 Å². The van der Waals surface area contributed by atoms with Gasteiger partial charge in [-0.3, -0.25) is 4.79 Å². The molecule has 5 heteroatoms. The van der Waals surface area contributed by atoms with Gasteiger partial charge in [-0.05, 0) is 36.1 Å². The van der Waals surface area contributed by atoms with Crippen molar-refractivity contribution < 1.29 is 14.3 Å². The van der Waals surface area contributed by atoms with Crippen molar-refractivity contribution in [2.24, 2.45) is 0 Å². The Kier molecular flexibility index (Phi) is 6.04. The van der Waals surface area contributed by atoms with Gasteiger partial charge in [-0.1, -0.05) is 54.6 Å². The average Bonchev–Trinajstić information content (AvgIpc) is 3.49. The molecule has 0 heterocycles. The molecule has 2 N–H and O–H groups in total. The molecule has 0 unspecified atom stereocenters. The minimum Gasteiger partial charge on any atom is -0.445 e. The number of carbonyl (C=O) groups excluding carboxylic acids is 2. The molecule has 5 nitrogen and oxygen atoms in total. The van der Waals surface area contributed by atoms with Gasteiger partial charge in [0, 0.05) is 18.2 Å². The first kappa shape index (κ1) is 17.7. The van der Waals surface area contributed by atoms with Crippen LogP contribution < -0.4 is 10.6 Å². The lowest BCUT2D eigenvalue weighted by Gasteiger charge is -2.05. The van der Waals surface area contributed by atoms with Crippen LogP contribution in [-0.4, -0.2) is 24.6 Å². The summed E-state index contributed by atoms with van der Waals surface area (Å²) in [6.07, 6.45) is 5.43. The van der Waals surface area contributed by atoms with Crippen LogP contribution in [0.15, 0.2) is 60.7 Å². The predicted molar refractivity (Wildman–Crippen MR) is 101 cm³/mol. The number of amides is 2. The Labute approximate surface area is 153 Å². The van der Waals surface area contributed by atoms with Crippen LogP contribution in [0.4, 0.5) is 4.79 Å². The summed E-state index contributed by atoms with van der Waals surface area (Å²) < 4.78 is 5.13. The van der Waals surface area contributed by atoms with Crippen molar-refractivity contribution in [3.05, 3.63) is 77.4 Å². The van der Waals surface area contributed by atoms with E-state index >= 15 is 0 Å². The Morgan fingerprint density at radius 3 is 2.46 bits per heavy atom. The second-order valence-electron chi connectivity index (χ2n) is 6.21. The molecule has 1 aliphatic rings. The van der Waals surface area contributed by atoms with Crippen LogP contribution >= 0.6 is 0 Å². The second kappa shape index (κ2) is 8.85. The first-order chi connectivity index (χ1) is 12.7. The van der Waals surface area contributed by atoms with E-state index in [4.69, 9.17) is 4.74 Å². The fraction of sp³-hybridized carbons (Fsp3) is 0.238. The molecule has 1 saturated carbocycles. The van der Waals surface area contributed by atoms with Gasteiger partial charge in [-0.15, -0.1) is 0 Å². The minimum absolute atomic E-state index is 0.0224. The zero-order chi connectivity index (χ0) is 18.2. The number of rotatable bonds is 7. The molecule has 0 saturated heterocycles. The zero-order valence-electron chi connectivity index (χ0n) is 14.5. The molecule has 0 spiro atoms. The monoisotopic (exact) mass is 350 g/mol. The number of carbonyl (C=O) groups is 2. The normalized spacial score (nSPS) is 13.4. The third-order valence-electron chi connectivity index (χ3n) is 3.97. The maximum absolute atomic E-state index is 11.9. The Balaban J connectivity index is 1.37. The van der Waals surface area contributed by atoms with Crippen LogP contribution in [0.2, 0.25) is 0 Å². The minimum atomic E-state index is -0.453. The van der Waals surface area contributed by atoms with Gasteiger partial charge in [0.25, 0.3) is 5.91 Å². The SMILES string of the molecule is O=C(NCC=Cc1ccc(C(=O)NC2CC2)cc1)OCc1ccccc1. The standard InChI is InChI=1S/C21H22N2O3/c24-20(23-19-12-13-19)18-10-8-16(9-11-18)7-4-14-22-21(25)26-15-17-5-2-1-3-6-17/h1-11,19H,12-15H2,(H,22,25)(H,23,24). The smallest absolute Gasteiger partial charge is 0.407 e. The van der Waals surface area contributed by atoms with Crippen molar-refractivity contribution in [1.82, 2.24) is 10.6 Å². The van der Waals surface area contributed by atoms with Gasteiger partial charge < -0.3 is 15.4 Å². The van der Waals surface area contributed by atoms with E-state index in [-0.39, 0.29) is 12.5 Å². The third-order valence-corrected chi connectivity index (χ3v) is 3.97. The molecule has 134 valence electrons. The molecule has 0 aromatic heterocycles. The maximum atomic E-state index is 11.9. The molecule has 2 amide bonds. The highest BCUT2D eigenvalue weighted by atomic mass is 16.5. The van der Waals surface area contributed by atoms with E-state index in [1.165, 1.54) is 0 Å². The summed E-state index contributed by atoms with van der Waals surface area (Å²) in [4.78, 5) is 23.5. The Morgan fingerprint density at radius 1 is 1.04 bits per heavy atom. The van der Waals surface area contributed by atoms with Crippen LogP contribution in [0.5, 0.6) is 0 Å². The summed E-state index contributed by atoms with van der Waals surface area (Å²) in [6, 6.07) is 17.3. The molecule has 0 radical (unpaired) electrons. The average molecular weight is 350 g/mol. The second-order valence-corrected chi connectivity index (χ2v) is 6.21. The largest absolute Gasteiger partial charge is 0.445 e. The molecule has 0 atom stereocenters. The first-order valence-corrected chi connectivity index (χ1v) is 8.73. The molecular weight excluding hydrogens is 328 g/mol. The van der Waals surface area contributed by atoms with E-state index in [1.807, 2.05) is 54.6 Å². The van der Waals surface area contributed by atoms with E-state index in [0.29, 0.717) is 18.2 Å². The Morgan fingerprint density at radius 2 is 1.77 bits per heavy atom. The van der Waals surface area contributed by atoms with Crippen LogP contribution in [0, 0.1) is 0 Å². The summed E-state index contributed by atoms with van der Waals surface area (Å²) in [5, 5.41) is 5.63. The van der Waals surface area contributed by atoms with E-state index in [1.54, 1.807) is 12.1 Å². The summed E-state index contributed by atoms with van der Waals surface area (Å²) >= 11 is 0. The molecule has 0 aliphatic heterocycles. The highest BCUT2D eigenvalue weighted by molar-refractivity contribution is 5.94. The van der Waals surface area contributed by atoms with Gasteiger partial charge in [-0.2, -0.15) is 0 Å². The van der Waals surface area contributed by atoms with Gasteiger partial charge in [-0.25, -0.2) is 4.79 Å². The van der Waals surface area contributed by atoms with E-state index in [2.05, 4.69) is 10.6 Å². The molecule has 1 fully saturated rings. The Bertz CT molecular complexity index is 766. The number of benzene rings is 2. The first-order valence-electron chi connectivity index (χ1n) is 8.73. The lowest BCUT2D eigenvalue weighted by molar-refractivity contribution is 0.0951. The van der Waals surface area contributed by atoms with Crippen molar-refractivity contribution in [3.63, 3.8) is 0 Å². The van der Waals surface area contributed by atoms with Crippen LogP contribution in [-0.2, 0) is 11.3 Å². The van der Waals surface area contributed by atoms with Gasteiger partial charge in [0.2, 0.25) is 0 Å². The van der Waals surface area contributed by atoms with Gasteiger partial charge in [0.05, 0.1) is 0 Å². The number of hydrogen-bond acceptors (Lipinski definition) is 3. The molecule has 2 aromatic carbocycles. The molecule has 2 aromatic rings. The van der Waals surface area contributed by atoms with Crippen molar-refractivity contribution in [3.8, 4) is 0 Å². The highest BCUT2D eigenvalue weighted by Gasteiger charge is 2.23. The van der Waals surface area contributed by atoms with Crippen LogP contribution in [0.25, 0.3) is 6.08 Å². The number of hydrogen-bond donors (Lipinski definition) is 2. The summed E-state index contributed by atoms with van der Waals surface area (Å²) in [5.74, 6) is -0.0224. The van der Waals surface area contributed by atoms with Crippen LogP contribution in [0.1, 0.15) is 34.3 Å². The maximum Gasteiger partial charge on any atom is 0.407 e. The van der Waals surface area contributed by atoms with E-state index in [0.717, 1.165) is 24.0 Å². The van der Waals surface area contributed by atoms with Crippen LogP contribution in [0.3, 0.4) is 0 Å². The fourth-order valence-corrected chi connectivity index (χ4v) is 2.35. The Hall–Kier alpha value is -3.08. The highest BCUT2D eigenvalue weighted by Crippen LogP contribution is 2.19. The molecule has 0 bridgehead atoms.